The molecule has 140 valence electrons. The van der Waals surface area contributed by atoms with E-state index in [9.17, 15) is 4.79 Å². The molecule has 2 aromatic rings. The molecule has 0 spiro atoms. The second kappa shape index (κ2) is 10.8. The van der Waals surface area contributed by atoms with Crippen LogP contribution in [0.15, 0.2) is 53.0 Å². The summed E-state index contributed by atoms with van der Waals surface area (Å²) in [7, 11) is 1.59. The van der Waals surface area contributed by atoms with Crippen molar-refractivity contribution in [2.45, 2.75) is 13.3 Å². The van der Waals surface area contributed by atoms with E-state index in [1.54, 1.807) is 7.11 Å². The molecular weight excluding hydrogens is 396 g/mol. The highest BCUT2D eigenvalue weighted by Gasteiger charge is 2.12. The number of benzene rings is 2. The standard InChI is InChI=1S/C20H25BrN2O3/c1-3-11-23(12-13-26-17-8-6-7-16(21)14-17)15-20(24)22-18-9-4-5-10-19(18)25-2/h4-10,14H,3,11-13,15H2,1-2H3,(H,22,24). The van der Waals surface area contributed by atoms with Gasteiger partial charge in [-0.3, -0.25) is 9.69 Å². The summed E-state index contributed by atoms with van der Waals surface area (Å²) < 4.78 is 12.0. The number of rotatable bonds is 10. The smallest absolute Gasteiger partial charge is 0.238 e. The summed E-state index contributed by atoms with van der Waals surface area (Å²) in [4.78, 5) is 14.5. The number of para-hydroxylation sites is 2. The van der Waals surface area contributed by atoms with E-state index in [0.29, 0.717) is 31.1 Å². The van der Waals surface area contributed by atoms with Gasteiger partial charge < -0.3 is 14.8 Å². The summed E-state index contributed by atoms with van der Waals surface area (Å²) in [5, 5.41) is 2.91. The Balaban J connectivity index is 1.85. The number of nitrogens with one attached hydrogen (secondary N) is 1. The lowest BCUT2D eigenvalue weighted by atomic mass is 10.3. The van der Waals surface area contributed by atoms with Crippen molar-refractivity contribution in [1.82, 2.24) is 4.90 Å². The number of amides is 1. The van der Waals surface area contributed by atoms with Crippen LogP contribution in [0.5, 0.6) is 11.5 Å². The largest absolute Gasteiger partial charge is 0.495 e. The minimum atomic E-state index is -0.0644. The summed E-state index contributed by atoms with van der Waals surface area (Å²) >= 11 is 3.43. The zero-order valence-electron chi connectivity index (χ0n) is 15.2. The molecule has 0 aliphatic carbocycles. The molecule has 2 aromatic carbocycles. The van der Waals surface area contributed by atoms with Crippen LogP contribution < -0.4 is 14.8 Å². The van der Waals surface area contributed by atoms with Gasteiger partial charge in [0.2, 0.25) is 5.91 Å². The third-order valence-corrected chi connectivity index (χ3v) is 4.25. The SMILES string of the molecule is CCCN(CCOc1cccc(Br)c1)CC(=O)Nc1ccccc1OC. The molecule has 1 amide bonds. The molecule has 0 unspecified atom stereocenters. The zero-order valence-corrected chi connectivity index (χ0v) is 16.8. The quantitative estimate of drug-likeness (QED) is 0.625. The van der Waals surface area contributed by atoms with Gasteiger partial charge in [-0.15, -0.1) is 0 Å². The minimum Gasteiger partial charge on any atom is -0.495 e. The predicted molar refractivity (Wildman–Crippen MR) is 108 cm³/mol. The summed E-state index contributed by atoms with van der Waals surface area (Å²) in [6, 6.07) is 15.1. The Morgan fingerprint density at radius 3 is 2.69 bits per heavy atom. The average Bonchev–Trinajstić information content (AvgIpc) is 2.62. The molecule has 1 N–H and O–H groups in total. The topological polar surface area (TPSA) is 50.8 Å². The number of halogens is 1. The second-order valence-corrected chi connectivity index (χ2v) is 6.75. The maximum Gasteiger partial charge on any atom is 0.238 e. The highest BCUT2D eigenvalue weighted by molar-refractivity contribution is 9.10. The molecule has 26 heavy (non-hydrogen) atoms. The van der Waals surface area contributed by atoms with Gasteiger partial charge in [0.25, 0.3) is 0 Å². The van der Waals surface area contributed by atoms with Crippen LogP contribution in [0.25, 0.3) is 0 Å². The highest BCUT2D eigenvalue weighted by atomic mass is 79.9. The Bertz CT molecular complexity index is 709. The molecule has 5 nitrogen and oxygen atoms in total. The van der Waals surface area contributed by atoms with E-state index >= 15 is 0 Å². The van der Waals surface area contributed by atoms with Gasteiger partial charge in [0.1, 0.15) is 18.1 Å². The van der Waals surface area contributed by atoms with Gasteiger partial charge in [-0.2, -0.15) is 0 Å². The second-order valence-electron chi connectivity index (χ2n) is 5.83. The molecule has 0 fully saturated rings. The number of ether oxygens (including phenoxy) is 2. The van der Waals surface area contributed by atoms with Crippen LogP contribution in [0, 0.1) is 0 Å². The summed E-state index contributed by atoms with van der Waals surface area (Å²) in [6.45, 7) is 4.45. The summed E-state index contributed by atoms with van der Waals surface area (Å²) in [5.74, 6) is 1.40. The first-order chi connectivity index (χ1) is 12.6. The van der Waals surface area contributed by atoms with E-state index in [2.05, 4.69) is 33.1 Å². The van der Waals surface area contributed by atoms with Crippen molar-refractivity contribution in [2.75, 3.05) is 38.7 Å². The molecule has 0 aliphatic heterocycles. The first kappa shape index (κ1) is 20.3. The maximum absolute atomic E-state index is 12.4. The zero-order chi connectivity index (χ0) is 18.8. The fourth-order valence-electron chi connectivity index (χ4n) is 2.58. The Kier molecular flexibility index (Phi) is 8.44. The maximum atomic E-state index is 12.4. The van der Waals surface area contributed by atoms with E-state index in [-0.39, 0.29) is 5.91 Å². The van der Waals surface area contributed by atoms with E-state index in [0.717, 1.165) is 23.2 Å². The van der Waals surface area contributed by atoms with Crippen molar-refractivity contribution in [3.8, 4) is 11.5 Å². The van der Waals surface area contributed by atoms with Crippen LogP contribution >= 0.6 is 15.9 Å². The number of carbonyl (C=O) groups excluding carboxylic acids is 1. The van der Waals surface area contributed by atoms with Crippen molar-refractivity contribution < 1.29 is 14.3 Å². The average molecular weight is 421 g/mol. The third-order valence-electron chi connectivity index (χ3n) is 3.76. The lowest BCUT2D eigenvalue weighted by Gasteiger charge is -2.21. The van der Waals surface area contributed by atoms with Gasteiger partial charge in [-0.25, -0.2) is 0 Å². The van der Waals surface area contributed by atoms with Crippen LogP contribution in [0.4, 0.5) is 5.69 Å². The minimum absolute atomic E-state index is 0.0644. The van der Waals surface area contributed by atoms with Crippen molar-refractivity contribution >= 4 is 27.5 Å². The Labute approximate surface area is 163 Å². The van der Waals surface area contributed by atoms with Gasteiger partial charge in [0, 0.05) is 11.0 Å². The molecule has 6 heteroatoms. The summed E-state index contributed by atoms with van der Waals surface area (Å²) in [6.07, 6.45) is 0.971. The van der Waals surface area contributed by atoms with Gasteiger partial charge in [-0.1, -0.05) is 41.1 Å². The normalized spacial score (nSPS) is 10.6. The van der Waals surface area contributed by atoms with Crippen LogP contribution in [-0.2, 0) is 4.79 Å². The first-order valence-electron chi connectivity index (χ1n) is 8.66. The molecule has 0 atom stereocenters. The highest BCUT2D eigenvalue weighted by Crippen LogP contribution is 2.23. The molecule has 0 aliphatic rings. The van der Waals surface area contributed by atoms with Gasteiger partial charge in [0.15, 0.2) is 0 Å². The molecule has 0 bridgehead atoms. The molecule has 0 aromatic heterocycles. The van der Waals surface area contributed by atoms with E-state index < -0.39 is 0 Å². The Morgan fingerprint density at radius 1 is 1.15 bits per heavy atom. The first-order valence-corrected chi connectivity index (χ1v) is 9.45. The Morgan fingerprint density at radius 2 is 1.96 bits per heavy atom. The number of nitrogens with zero attached hydrogens (tertiary/aromatic N) is 1. The molecule has 0 saturated carbocycles. The van der Waals surface area contributed by atoms with Crippen LogP contribution in [0.3, 0.4) is 0 Å². The van der Waals surface area contributed by atoms with Gasteiger partial charge >= 0.3 is 0 Å². The van der Waals surface area contributed by atoms with E-state index in [1.807, 2.05) is 48.5 Å². The Hall–Kier alpha value is -2.05. The molecule has 0 heterocycles. The predicted octanol–water partition coefficient (Wildman–Crippen LogP) is 4.19. The van der Waals surface area contributed by atoms with Crippen LogP contribution in [0.2, 0.25) is 0 Å². The van der Waals surface area contributed by atoms with Gasteiger partial charge in [0.05, 0.1) is 19.3 Å². The number of hydrogen-bond donors (Lipinski definition) is 1. The summed E-state index contributed by atoms with van der Waals surface area (Å²) in [5.41, 5.74) is 0.682. The van der Waals surface area contributed by atoms with Crippen molar-refractivity contribution in [2.24, 2.45) is 0 Å². The fourth-order valence-corrected chi connectivity index (χ4v) is 2.95. The number of methoxy groups -OCH3 is 1. The van der Waals surface area contributed by atoms with Crippen LogP contribution in [-0.4, -0.2) is 44.2 Å². The van der Waals surface area contributed by atoms with Crippen molar-refractivity contribution in [3.05, 3.63) is 53.0 Å². The van der Waals surface area contributed by atoms with E-state index in [4.69, 9.17) is 9.47 Å². The van der Waals surface area contributed by atoms with Crippen molar-refractivity contribution in [3.63, 3.8) is 0 Å². The third kappa shape index (κ3) is 6.69. The van der Waals surface area contributed by atoms with E-state index in [1.165, 1.54) is 0 Å². The van der Waals surface area contributed by atoms with Crippen LogP contribution in [0.1, 0.15) is 13.3 Å². The molecule has 0 radical (unpaired) electrons. The number of carbonyl (C=O) groups is 1. The van der Waals surface area contributed by atoms with Gasteiger partial charge in [-0.05, 0) is 43.3 Å². The molecule has 2 rings (SSSR count). The molecular formula is C20H25BrN2O3. The lowest BCUT2D eigenvalue weighted by Crippen LogP contribution is -2.36. The lowest BCUT2D eigenvalue weighted by molar-refractivity contribution is -0.117. The fraction of sp³-hybridized carbons (Fsp3) is 0.350. The number of hydrogen-bond acceptors (Lipinski definition) is 4. The number of anilines is 1. The molecule has 0 saturated heterocycles. The monoisotopic (exact) mass is 420 g/mol. The van der Waals surface area contributed by atoms with Crippen molar-refractivity contribution in [1.29, 1.82) is 0 Å².